The highest BCUT2D eigenvalue weighted by atomic mass is 19.4. The first-order valence-corrected chi connectivity index (χ1v) is 7.06. The first-order chi connectivity index (χ1) is 10.7. The molecule has 8 heteroatoms. The lowest BCUT2D eigenvalue weighted by molar-refractivity contribution is -0.153. The number of carbonyl (C=O) groups is 2. The minimum absolute atomic E-state index is 0.0281. The molecule has 1 amide bonds. The Hall–Kier alpha value is -2.25. The van der Waals surface area contributed by atoms with Crippen LogP contribution in [-0.2, 0) is 4.79 Å². The van der Waals surface area contributed by atoms with Crippen LogP contribution in [0.25, 0.3) is 0 Å². The maximum Gasteiger partial charge on any atom is 0.422 e. The predicted octanol–water partition coefficient (Wildman–Crippen LogP) is 3.00. The Kier molecular flexibility index (Phi) is 6.87. The molecule has 23 heavy (non-hydrogen) atoms. The second-order valence-corrected chi connectivity index (χ2v) is 4.93. The van der Waals surface area contributed by atoms with Crippen molar-refractivity contribution < 1.29 is 32.6 Å². The molecular weight excluding hydrogens is 315 g/mol. The van der Waals surface area contributed by atoms with Crippen molar-refractivity contribution in [3.63, 3.8) is 0 Å². The molecule has 0 unspecified atom stereocenters. The molecule has 1 atom stereocenters. The van der Waals surface area contributed by atoms with Crippen molar-refractivity contribution in [2.24, 2.45) is 0 Å². The van der Waals surface area contributed by atoms with E-state index in [9.17, 15) is 22.8 Å². The summed E-state index contributed by atoms with van der Waals surface area (Å²) >= 11 is 0. The number of halogens is 3. The third kappa shape index (κ3) is 7.03. The number of alkyl halides is 3. The van der Waals surface area contributed by atoms with Gasteiger partial charge in [0.2, 0.25) is 0 Å². The second-order valence-electron chi connectivity index (χ2n) is 4.93. The topological polar surface area (TPSA) is 75.6 Å². The molecule has 1 aromatic rings. The van der Waals surface area contributed by atoms with Gasteiger partial charge in [0.05, 0.1) is 0 Å². The smallest absolute Gasteiger partial charge is 0.422 e. The van der Waals surface area contributed by atoms with E-state index in [1.54, 1.807) is 0 Å². The van der Waals surface area contributed by atoms with Crippen molar-refractivity contribution in [1.82, 2.24) is 5.32 Å². The van der Waals surface area contributed by atoms with Gasteiger partial charge in [-0.25, -0.2) is 4.79 Å². The molecule has 0 spiro atoms. The maximum atomic E-state index is 12.0. The molecule has 0 aromatic heterocycles. The molecule has 0 fully saturated rings. The zero-order valence-electron chi connectivity index (χ0n) is 12.5. The van der Waals surface area contributed by atoms with Crippen LogP contribution in [0.5, 0.6) is 5.75 Å². The van der Waals surface area contributed by atoms with Crippen molar-refractivity contribution >= 4 is 11.9 Å². The summed E-state index contributed by atoms with van der Waals surface area (Å²) in [5, 5.41) is 11.4. The van der Waals surface area contributed by atoms with Crippen molar-refractivity contribution in [1.29, 1.82) is 0 Å². The Morgan fingerprint density at radius 3 is 2.35 bits per heavy atom. The van der Waals surface area contributed by atoms with Crippen LogP contribution in [-0.4, -0.2) is 35.8 Å². The first-order valence-electron chi connectivity index (χ1n) is 7.06. The van der Waals surface area contributed by atoms with Gasteiger partial charge in [-0.15, -0.1) is 0 Å². The number of hydrogen-bond donors (Lipinski definition) is 2. The quantitative estimate of drug-likeness (QED) is 0.767. The lowest BCUT2D eigenvalue weighted by Crippen LogP contribution is -2.40. The number of ether oxygens (including phenoxy) is 1. The molecule has 0 aliphatic heterocycles. The largest absolute Gasteiger partial charge is 0.484 e. The van der Waals surface area contributed by atoms with Crippen LogP contribution in [0.2, 0.25) is 0 Å². The van der Waals surface area contributed by atoms with Gasteiger partial charge in [-0.05, 0) is 30.7 Å². The number of amides is 1. The van der Waals surface area contributed by atoms with Crippen LogP contribution in [0, 0.1) is 0 Å². The van der Waals surface area contributed by atoms with Gasteiger partial charge >= 0.3 is 12.1 Å². The number of carbonyl (C=O) groups excluding carboxylic acids is 1. The molecule has 0 aliphatic rings. The van der Waals surface area contributed by atoms with Crippen LogP contribution in [0.1, 0.15) is 36.5 Å². The van der Waals surface area contributed by atoms with E-state index < -0.39 is 30.7 Å². The summed E-state index contributed by atoms with van der Waals surface area (Å²) in [6.45, 7) is 0.483. The van der Waals surface area contributed by atoms with Gasteiger partial charge < -0.3 is 15.2 Å². The third-order valence-electron chi connectivity index (χ3n) is 2.97. The number of hydrogen-bond acceptors (Lipinski definition) is 3. The number of carboxylic acids is 1. The van der Waals surface area contributed by atoms with E-state index in [2.05, 4.69) is 10.1 Å². The van der Waals surface area contributed by atoms with Crippen molar-refractivity contribution in [3.05, 3.63) is 29.8 Å². The lowest BCUT2D eigenvalue weighted by Gasteiger charge is -2.14. The minimum atomic E-state index is -4.44. The fraction of sp³-hybridized carbons (Fsp3) is 0.467. The van der Waals surface area contributed by atoms with Gasteiger partial charge in [0.15, 0.2) is 6.61 Å². The first kappa shape index (κ1) is 18.8. The maximum absolute atomic E-state index is 12.0. The van der Waals surface area contributed by atoms with Crippen LogP contribution >= 0.6 is 0 Å². The highest BCUT2D eigenvalue weighted by molar-refractivity contribution is 5.96. The SMILES string of the molecule is CCCC[C@H](NC(=O)c1ccc(OCC(F)(F)F)cc1)C(=O)O. The molecule has 1 aromatic carbocycles. The van der Waals surface area contributed by atoms with E-state index in [0.29, 0.717) is 12.8 Å². The highest BCUT2D eigenvalue weighted by Gasteiger charge is 2.28. The average molecular weight is 333 g/mol. The Bertz CT molecular complexity index is 529. The normalized spacial score (nSPS) is 12.5. The van der Waals surface area contributed by atoms with Crippen molar-refractivity contribution in [2.75, 3.05) is 6.61 Å². The number of nitrogens with one attached hydrogen (secondary N) is 1. The second kappa shape index (κ2) is 8.40. The van der Waals surface area contributed by atoms with E-state index >= 15 is 0 Å². The number of rotatable bonds is 8. The molecule has 0 bridgehead atoms. The van der Waals surface area contributed by atoms with E-state index in [4.69, 9.17) is 5.11 Å². The summed E-state index contributed by atoms with van der Waals surface area (Å²) in [6.07, 6.45) is -2.68. The summed E-state index contributed by atoms with van der Waals surface area (Å²) in [5.41, 5.74) is 0.145. The average Bonchev–Trinajstić information content (AvgIpc) is 2.48. The van der Waals surface area contributed by atoms with Gasteiger partial charge in [-0.2, -0.15) is 13.2 Å². The molecule has 128 valence electrons. The van der Waals surface area contributed by atoms with E-state index in [-0.39, 0.29) is 11.3 Å². The Labute approximate surface area is 131 Å². The van der Waals surface area contributed by atoms with E-state index in [1.807, 2.05) is 6.92 Å². The van der Waals surface area contributed by atoms with E-state index in [1.165, 1.54) is 24.3 Å². The van der Waals surface area contributed by atoms with Crippen molar-refractivity contribution in [3.8, 4) is 5.75 Å². The molecular formula is C15H18F3NO4. The van der Waals surface area contributed by atoms with Crippen LogP contribution in [0.4, 0.5) is 13.2 Å². The monoisotopic (exact) mass is 333 g/mol. The zero-order chi connectivity index (χ0) is 17.5. The molecule has 0 radical (unpaired) electrons. The Balaban J connectivity index is 2.64. The standard InChI is InChI=1S/C15H18F3NO4/c1-2-3-4-12(14(21)22)19-13(20)10-5-7-11(8-6-10)23-9-15(16,17)18/h5-8,12H,2-4,9H2,1H3,(H,19,20)(H,21,22)/t12-/m0/s1. The molecule has 0 saturated heterocycles. The lowest BCUT2D eigenvalue weighted by atomic mass is 10.1. The van der Waals surface area contributed by atoms with Gasteiger partial charge in [-0.1, -0.05) is 19.8 Å². The van der Waals surface area contributed by atoms with E-state index in [0.717, 1.165) is 6.42 Å². The molecule has 1 rings (SSSR count). The summed E-state index contributed by atoms with van der Waals surface area (Å²) in [4.78, 5) is 23.0. The summed E-state index contributed by atoms with van der Waals surface area (Å²) in [5.74, 6) is -1.76. The summed E-state index contributed by atoms with van der Waals surface area (Å²) in [7, 11) is 0. The zero-order valence-corrected chi connectivity index (χ0v) is 12.5. The molecule has 2 N–H and O–H groups in total. The van der Waals surface area contributed by atoms with Crippen molar-refractivity contribution in [2.45, 2.75) is 38.4 Å². The number of benzene rings is 1. The summed E-state index contributed by atoms with van der Waals surface area (Å²) < 4.78 is 40.6. The Morgan fingerprint density at radius 1 is 1.26 bits per heavy atom. The van der Waals surface area contributed by atoms with Gasteiger partial charge in [-0.3, -0.25) is 4.79 Å². The van der Waals surface area contributed by atoms with Gasteiger partial charge in [0, 0.05) is 5.56 Å². The highest BCUT2D eigenvalue weighted by Crippen LogP contribution is 2.19. The molecule has 0 saturated carbocycles. The van der Waals surface area contributed by atoms with Crippen LogP contribution in [0.3, 0.4) is 0 Å². The number of aliphatic carboxylic acids is 1. The van der Waals surface area contributed by atoms with Gasteiger partial charge in [0.1, 0.15) is 11.8 Å². The molecule has 0 heterocycles. The van der Waals surface area contributed by atoms with Gasteiger partial charge in [0.25, 0.3) is 5.91 Å². The Morgan fingerprint density at radius 2 is 1.87 bits per heavy atom. The fourth-order valence-electron chi connectivity index (χ4n) is 1.77. The fourth-order valence-corrected chi connectivity index (χ4v) is 1.77. The summed E-state index contributed by atoms with van der Waals surface area (Å²) in [6, 6.07) is 4.01. The minimum Gasteiger partial charge on any atom is -0.484 e. The third-order valence-corrected chi connectivity index (χ3v) is 2.97. The number of carboxylic acid groups (broad SMARTS) is 1. The van der Waals surface area contributed by atoms with Crippen LogP contribution < -0.4 is 10.1 Å². The van der Waals surface area contributed by atoms with Crippen LogP contribution in [0.15, 0.2) is 24.3 Å². The predicted molar refractivity (Wildman–Crippen MR) is 76.4 cm³/mol. The molecule has 0 aliphatic carbocycles. The number of unbranched alkanes of at least 4 members (excludes halogenated alkanes) is 1. The molecule has 5 nitrogen and oxygen atoms in total.